The molecular weight excluding hydrogens is 537 g/mol. The summed E-state index contributed by atoms with van der Waals surface area (Å²) < 4.78 is 86.2. The Morgan fingerprint density at radius 3 is 2.30 bits per heavy atom. The Hall–Kier alpha value is -3.39. The number of carbonyl (C=O) groups is 1. The molecule has 1 unspecified atom stereocenters. The van der Waals surface area contributed by atoms with Crippen LogP contribution in [0.5, 0.6) is 5.75 Å². The van der Waals surface area contributed by atoms with Crippen molar-refractivity contribution in [2.45, 2.75) is 45.6 Å². The summed E-state index contributed by atoms with van der Waals surface area (Å²) in [6.45, 7) is 3.75. The third-order valence-corrected chi connectivity index (χ3v) is 5.05. The Bertz CT molecular complexity index is 1270. The standard InChI is InChI=1S/C19H15ClF4N4O3.C3H5F3/c1-7-15(17(28-27-7)19(22,23)24)26-18(31)10-5-12(21)9(6-14(10)30)13-4-3-11(20)16(25-13)8(2)29;1-2-3(4,5)6/h3-6,8,29-30H,1-2H3,(H,26,31)(H,27,28);2H2,1H3. The number of hydrogen-bond donors (Lipinski definition) is 4. The Morgan fingerprint density at radius 2 is 1.78 bits per heavy atom. The summed E-state index contributed by atoms with van der Waals surface area (Å²) >= 11 is 5.94. The second kappa shape index (κ2) is 11.3. The molecule has 7 nitrogen and oxygen atoms in total. The molecule has 0 saturated heterocycles. The van der Waals surface area contributed by atoms with Crippen molar-refractivity contribution in [3.05, 3.63) is 57.8 Å². The number of rotatable bonds is 4. The van der Waals surface area contributed by atoms with Crippen LogP contribution < -0.4 is 5.32 Å². The number of nitrogens with zero attached hydrogens (tertiary/aromatic N) is 2. The summed E-state index contributed by atoms with van der Waals surface area (Å²) in [6, 6.07) is 4.29. The molecule has 2 heterocycles. The van der Waals surface area contributed by atoms with E-state index < -0.39 is 59.3 Å². The second-order valence-corrected chi connectivity index (χ2v) is 7.99. The smallest absolute Gasteiger partial charge is 0.437 e. The van der Waals surface area contributed by atoms with Crippen LogP contribution in [0.3, 0.4) is 0 Å². The van der Waals surface area contributed by atoms with E-state index >= 15 is 0 Å². The number of aryl methyl sites for hydroxylation is 1. The van der Waals surface area contributed by atoms with Gasteiger partial charge >= 0.3 is 12.4 Å². The van der Waals surface area contributed by atoms with Crippen LogP contribution in [0.4, 0.5) is 36.4 Å². The van der Waals surface area contributed by atoms with Crippen molar-refractivity contribution in [3.63, 3.8) is 0 Å². The fourth-order valence-electron chi connectivity index (χ4n) is 2.81. The second-order valence-electron chi connectivity index (χ2n) is 7.58. The highest BCUT2D eigenvalue weighted by Crippen LogP contribution is 2.36. The average molecular weight is 557 g/mol. The van der Waals surface area contributed by atoms with E-state index in [0.717, 1.165) is 13.0 Å². The average Bonchev–Trinajstić information content (AvgIpc) is 3.15. The number of aliphatic hydroxyl groups excluding tert-OH is 1. The summed E-state index contributed by atoms with van der Waals surface area (Å²) in [5, 5.41) is 27.3. The number of aliphatic hydroxyl groups is 1. The number of carbonyl (C=O) groups excluding carboxylic acids is 1. The maximum absolute atomic E-state index is 14.7. The highest BCUT2D eigenvalue weighted by atomic mass is 35.5. The van der Waals surface area contributed by atoms with E-state index in [1.54, 1.807) is 0 Å². The molecule has 2 aromatic heterocycles. The highest BCUT2D eigenvalue weighted by Gasteiger charge is 2.38. The number of phenolic OH excluding ortho intramolecular Hbond substituents is 1. The van der Waals surface area contributed by atoms with Gasteiger partial charge in [0.05, 0.1) is 39.5 Å². The van der Waals surface area contributed by atoms with Crippen LogP contribution in [0, 0.1) is 12.7 Å². The first kappa shape index (κ1) is 29.8. The van der Waals surface area contributed by atoms with E-state index in [0.29, 0.717) is 6.07 Å². The number of pyridine rings is 1. The Morgan fingerprint density at radius 1 is 1.19 bits per heavy atom. The number of alkyl halides is 6. The number of hydrogen-bond acceptors (Lipinski definition) is 5. The molecule has 0 aliphatic carbocycles. The third-order valence-electron chi connectivity index (χ3n) is 4.73. The predicted molar refractivity (Wildman–Crippen MR) is 120 cm³/mol. The lowest BCUT2D eigenvalue weighted by Gasteiger charge is -2.13. The maximum Gasteiger partial charge on any atom is 0.437 e. The normalized spacial score (nSPS) is 12.5. The highest BCUT2D eigenvalue weighted by molar-refractivity contribution is 6.31. The van der Waals surface area contributed by atoms with Gasteiger partial charge in [0.15, 0.2) is 5.69 Å². The van der Waals surface area contributed by atoms with Gasteiger partial charge in [-0.1, -0.05) is 18.5 Å². The van der Waals surface area contributed by atoms with Crippen molar-refractivity contribution in [2.24, 2.45) is 0 Å². The van der Waals surface area contributed by atoms with Crippen LogP contribution >= 0.6 is 11.6 Å². The lowest BCUT2D eigenvalue weighted by atomic mass is 10.0. The van der Waals surface area contributed by atoms with Crippen molar-refractivity contribution >= 4 is 23.2 Å². The molecule has 202 valence electrons. The zero-order valence-electron chi connectivity index (χ0n) is 19.3. The lowest BCUT2D eigenvalue weighted by molar-refractivity contribution is -0.140. The van der Waals surface area contributed by atoms with Crippen molar-refractivity contribution in [1.82, 2.24) is 15.2 Å². The number of aromatic amines is 1. The van der Waals surface area contributed by atoms with Crippen molar-refractivity contribution in [1.29, 1.82) is 0 Å². The number of benzene rings is 1. The van der Waals surface area contributed by atoms with E-state index in [2.05, 4.69) is 15.2 Å². The molecule has 1 aromatic carbocycles. The molecule has 4 N–H and O–H groups in total. The van der Waals surface area contributed by atoms with Gasteiger partial charge in [-0.3, -0.25) is 9.89 Å². The fraction of sp³-hybridized carbons (Fsp3) is 0.318. The third kappa shape index (κ3) is 7.55. The minimum Gasteiger partial charge on any atom is -0.507 e. The fourth-order valence-corrected chi connectivity index (χ4v) is 3.07. The predicted octanol–water partition coefficient (Wildman–Crippen LogP) is 6.56. The summed E-state index contributed by atoms with van der Waals surface area (Å²) in [4.78, 5) is 16.5. The molecular formula is C22H20ClF7N4O3. The number of amides is 1. The van der Waals surface area contributed by atoms with Crippen LogP contribution in [0.2, 0.25) is 5.02 Å². The molecule has 0 fully saturated rings. The van der Waals surface area contributed by atoms with E-state index in [9.17, 15) is 45.7 Å². The Labute approximate surface area is 210 Å². The summed E-state index contributed by atoms with van der Waals surface area (Å²) in [6.07, 6.45) is -10.6. The molecule has 0 saturated carbocycles. The molecule has 1 amide bonds. The first-order valence-corrected chi connectivity index (χ1v) is 10.7. The molecule has 37 heavy (non-hydrogen) atoms. The monoisotopic (exact) mass is 556 g/mol. The molecule has 0 spiro atoms. The molecule has 1 atom stereocenters. The van der Waals surface area contributed by atoms with Crippen molar-refractivity contribution < 1.29 is 45.7 Å². The minimum atomic E-state index is -4.84. The van der Waals surface area contributed by atoms with Crippen LogP contribution in [-0.2, 0) is 6.18 Å². The van der Waals surface area contributed by atoms with Crippen molar-refractivity contribution in [2.75, 3.05) is 5.32 Å². The number of halogens is 8. The molecule has 3 rings (SSSR count). The largest absolute Gasteiger partial charge is 0.507 e. The lowest BCUT2D eigenvalue weighted by Crippen LogP contribution is -2.17. The number of phenols is 1. The first-order chi connectivity index (χ1) is 17.0. The van der Waals surface area contributed by atoms with E-state index in [-0.39, 0.29) is 27.7 Å². The van der Waals surface area contributed by atoms with Crippen molar-refractivity contribution in [3.8, 4) is 17.0 Å². The molecule has 3 aromatic rings. The van der Waals surface area contributed by atoms with E-state index in [1.165, 1.54) is 26.0 Å². The number of nitrogens with one attached hydrogen (secondary N) is 2. The first-order valence-electron chi connectivity index (χ1n) is 10.3. The molecule has 15 heteroatoms. The summed E-state index contributed by atoms with van der Waals surface area (Å²) in [7, 11) is 0. The number of H-pyrrole nitrogens is 1. The van der Waals surface area contributed by atoms with Crippen LogP contribution in [0.1, 0.15) is 53.8 Å². The van der Waals surface area contributed by atoms with Gasteiger partial charge in [0, 0.05) is 12.0 Å². The molecule has 0 aliphatic heterocycles. The zero-order valence-corrected chi connectivity index (χ0v) is 20.1. The van der Waals surface area contributed by atoms with Gasteiger partial charge in [0.1, 0.15) is 11.6 Å². The summed E-state index contributed by atoms with van der Waals surface area (Å²) in [5.74, 6) is -2.85. The Balaban J connectivity index is 0.000000717. The van der Waals surface area contributed by atoms with E-state index in [4.69, 9.17) is 11.6 Å². The van der Waals surface area contributed by atoms with Crippen LogP contribution in [0.15, 0.2) is 24.3 Å². The van der Waals surface area contributed by atoms with Crippen LogP contribution in [0.25, 0.3) is 11.3 Å². The number of aromatic hydroxyl groups is 1. The SMILES string of the molecule is CCC(F)(F)F.Cc1[nH]nc(C(F)(F)F)c1NC(=O)c1cc(F)c(-c2ccc(Cl)c(C(C)O)n2)cc1O. The quantitative estimate of drug-likeness (QED) is 0.272. The molecule has 0 aliphatic rings. The number of anilines is 1. The maximum atomic E-state index is 14.7. The number of aromatic nitrogens is 3. The van der Waals surface area contributed by atoms with E-state index in [1.807, 2.05) is 5.32 Å². The molecule has 0 radical (unpaired) electrons. The Kier molecular flexibility index (Phi) is 9.14. The van der Waals surface area contributed by atoms with Gasteiger partial charge in [0.25, 0.3) is 5.91 Å². The van der Waals surface area contributed by atoms with Gasteiger partial charge in [-0.05, 0) is 38.1 Å². The topological polar surface area (TPSA) is 111 Å². The summed E-state index contributed by atoms with van der Waals surface area (Å²) in [5.41, 5.74) is -2.77. The van der Waals surface area contributed by atoms with Gasteiger partial charge in [-0.15, -0.1) is 0 Å². The molecule has 0 bridgehead atoms. The van der Waals surface area contributed by atoms with Gasteiger partial charge in [-0.25, -0.2) is 9.37 Å². The minimum absolute atomic E-state index is 0.0186. The van der Waals surface area contributed by atoms with Gasteiger partial charge in [-0.2, -0.15) is 31.4 Å². The van der Waals surface area contributed by atoms with Crippen LogP contribution in [-0.4, -0.2) is 37.5 Å². The van der Waals surface area contributed by atoms with Gasteiger partial charge in [0.2, 0.25) is 0 Å². The van der Waals surface area contributed by atoms with Gasteiger partial charge < -0.3 is 15.5 Å². The zero-order chi connectivity index (χ0) is 28.3.